The van der Waals surface area contributed by atoms with Crippen molar-refractivity contribution in [2.24, 2.45) is 0 Å². The molecule has 2 aromatic carbocycles. The van der Waals surface area contributed by atoms with E-state index in [0.717, 1.165) is 29.7 Å². The summed E-state index contributed by atoms with van der Waals surface area (Å²) in [4.78, 5) is 4.63. The van der Waals surface area contributed by atoms with Gasteiger partial charge in [0.1, 0.15) is 11.1 Å². The minimum Gasteiger partial charge on any atom is -0.493 e. The fourth-order valence-corrected chi connectivity index (χ4v) is 3.46. The largest absolute Gasteiger partial charge is 0.493 e. The first kappa shape index (κ1) is 19.7. The number of ether oxygens (including phenoxy) is 2. The molecule has 0 atom stereocenters. The highest BCUT2D eigenvalue weighted by molar-refractivity contribution is 7.11. The van der Waals surface area contributed by atoms with Crippen LogP contribution in [0.2, 0.25) is 0 Å². The van der Waals surface area contributed by atoms with E-state index < -0.39 is 0 Å². The highest BCUT2D eigenvalue weighted by Gasteiger charge is 2.10. The summed E-state index contributed by atoms with van der Waals surface area (Å²) in [5.74, 6) is 1.37. The summed E-state index contributed by atoms with van der Waals surface area (Å²) < 4.78 is 11.2. The summed E-state index contributed by atoms with van der Waals surface area (Å²) in [7, 11) is 1.62. The van der Waals surface area contributed by atoms with E-state index in [1.165, 1.54) is 11.3 Å². The maximum absolute atomic E-state index is 9.64. The summed E-state index contributed by atoms with van der Waals surface area (Å²) in [6.07, 6.45) is 3.90. The molecule has 142 valence electrons. The highest BCUT2D eigenvalue weighted by atomic mass is 32.1. The standard InChI is InChI=1S/C23H22N2O2S/c1-3-4-12-27-21-11-10-17(14-22(21)26-2)13-19(15-24)23-25-20(16-28-23)18-8-6-5-7-9-18/h5-11,13-14,16H,3-4,12H2,1-2H3/b19-13+. The molecule has 0 aliphatic carbocycles. The normalized spacial score (nSPS) is 11.1. The Morgan fingerprint density at radius 2 is 2.00 bits per heavy atom. The van der Waals surface area contributed by atoms with Crippen molar-refractivity contribution >= 4 is 23.0 Å². The Morgan fingerprint density at radius 1 is 1.18 bits per heavy atom. The molecule has 1 heterocycles. The topological polar surface area (TPSA) is 55.1 Å². The molecule has 0 radical (unpaired) electrons. The number of aromatic nitrogens is 1. The molecule has 5 heteroatoms. The van der Waals surface area contributed by atoms with Crippen LogP contribution in [0.1, 0.15) is 30.3 Å². The van der Waals surface area contributed by atoms with Crippen molar-refractivity contribution in [3.8, 4) is 28.8 Å². The molecule has 0 spiro atoms. The monoisotopic (exact) mass is 390 g/mol. The lowest BCUT2D eigenvalue weighted by Gasteiger charge is -2.11. The Hall–Kier alpha value is -3.10. The molecule has 3 rings (SSSR count). The molecular weight excluding hydrogens is 368 g/mol. The van der Waals surface area contributed by atoms with Gasteiger partial charge >= 0.3 is 0 Å². The summed E-state index contributed by atoms with van der Waals surface area (Å²) in [5.41, 5.74) is 3.30. The van der Waals surface area contributed by atoms with Gasteiger partial charge in [-0.2, -0.15) is 5.26 Å². The zero-order chi connectivity index (χ0) is 19.8. The number of methoxy groups -OCH3 is 1. The van der Waals surface area contributed by atoms with E-state index in [1.807, 2.05) is 60.0 Å². The number of nitrogens with zero attached hydrogens (tertiary/aromatic N) is 2. The first-order valence-corrected chi connectivity index (χ1v) is 10.1. The third-order valence-corrected chi connectivity index (χ3v) is 5.05. The number of rotatable bonds is 8. The Labute approximate surface area is 169 Å². The van der Waals surface area contributed by atoms with E-state index in [-0.39, 0.29) is 0 Å². The second-order valence-corrected chi connectivity index (χ2v) is 7.04. The lowest BCUT2D eigenvalue weighted by Crippen LogP contribution is -1.99. The van der Waals surface area contributed by atoms with Crippen molar-refractivity contribution in [3.05, 3.63) is 64.5 Å². The summed E-state index contributed by atoms with van der Waals surface area (Å²) in [5, 5.41) is 12.3. The molecule has 0 saturated carbocycles. The van der Waals surface area contributed by atoms with Crippen LogP contribution in [-0.4, -0.2) is 18.7 Å². The number of hydrogen-bond acceptors (Lipinski definition) is 5. The van der Waals surface area contributed by atoms with Gasteiger partial charge in [0.25, 0.3) is 0 Å². The minimum atomic E-state index is 0.522. The predicted molar refractivity (Wildman–Crippen MR) is 114 cm³/mol. The lowest BCUT2D eigenvalue weighted by molar-refractivity contribution is 0.288. The van der Waals surface area contributed by atoms with Crippen molar-refractivity contribution < 1.29 is 9.47 Å². The third-order valence-electron chi connectivity index (χ3n) is 4.18. The van der Waals surface area contributed by atoms with Gasteiger partial charge in [0, 0.05) is 10.9 Å². The average molecular weight is 391 g/mol. The number of hydrogen-bond donors (Lipinski definition) is 0. The average Bonchev–Trinajstić information content (AvgIpc) is 3.23. The van der Waals surface area contributed by atoms with E-state index in [9.17, 15) is 5.26 Å². The smallest absolute Gasteiger partial charge is 0.161 e. The van der Waals surface area contributed by atoms with Gasteiger partial charge in [-0.05, 0) is 30.2 Å². The van der Waals surface area contributed by atoms with Crippen molar-refractivity contribution in [1.29, 1.82) is 5.26 Å². The molecule has 1 aromatic heterocycles. The first-order valence-electron chi connectivity index (χ1n) is 9.19. The number of benzene rings is 2. The molecule has 0 saturated heterocycles. The van der Waals surface area contributed by atoms with Gasteiger partial charge in [-0.1, -0.05) is 49.7 Å². The van der Waals surface area contributed by atoms with Crippen molar-refractivity contribution in [2.45, 2.75) is 19.8 Å². The van der Waals surface area contributed by atoms with Crippen LogP contribution in [0.25, 0.3) is 22.9 Å². The molecule has 0 fully saturated rings. The molecular formula is C23H22N2O2S. The van der Waals surface area contributed by atoms with Crippen LogP contribution < -0.4 is 9.47 Å². The molecule has 4 nitrogen and oxygen atoms in total. The van der Waals surface area contributed by atoms with E-state index in [4.69, 9.17) is 9.47 Å². The van der Waals surface area contributed by atoms with Crippen molar-refractivity contribution in [3.63, 3.8) is 0 Å². The number of unbranched alkanes of at least 4 members (excludes halogenated alkanes) is 1. The molecule has 0 N–H and O–H groups in total. The van der Waals surface area contributed by atoms with E-state index >= 15 is 0 Å². The molecule has 0 amide bonds. The minimum absolute atomic E-state index is 0.522. The Balaban J connectivity index is 1.85. The summed E-state index contributed by atoms with van der Waals surface area (Å²) in [6, 6.07) is 17.9. The SMILES string of the molecule is CCCCOc1ccc(/C=C(\C#N)c2nc(-c3ccccc3)cs2)cc1OC. The van der Waals surface area contributed by atoms with Gasteiger partial charge in [-0.3, -0.25) is 0 Å². The number of thiazole rings is 1. The van der Waals surface area contributed by atoms with Crippen LogP contribution in [0.5, 0.6) is 11.5 Å². The highest BCUT2D eigenvalue weighted by Crippen LogP contribution is 2.31. The Bertz CT molecular complexity index is 987. The summed E-state index contributed by atoms with van der Waals surface area (Å²) in [6.45, 7) is 2.78. The predicted octanol–water partition coefficient (Wildman–Crippen LogP) is 6.06. The van der Waals surface area contributed by atoms with Gasteiger partial charge in [-0.15, -0.1) is 11.3 Å². The molecule has 3 aromatic rings. The maximum atomic E-state index is 9.64. The second-order valence-electron chi connectivity index (χ2n) is 6.19. The lowest BCUT2D eigenvalue weighted by atomic mass is 10.1. The quantitative estimate of drug-likeness (QED) is 0.346. The van der Waals surface area contributed by atoms with Crippen LogP contribution in [-0.2, 0) is 0 Å². The van der Waals surface area contributed by atoms with Gasteiger partial charge in [-0.25, -0.2) is 4.98 Å². The molecule has 28 heavy (non-hydrogen) atoms. The fourth-order valence-electron chi connectivity index (χ4n) is 2.67. The maximum Gasteiger partial charge on any atom is 0.161 e. The molecule has 0 aliphatic heterocycles. The van der Waals surface area contributed by atoms with Crippen LogP contribution in [0.3, 0.4) is 0 Å². The number of allylic oxidation sites excluding steroid dienone is 1. The molecule has 0 unspecified atom stereocenters. The third kappa shape index (κ3) is 4.79. The van der Waals surface area contributed by atoms with Crippen LogP contribution >= 0.6 is 11.3 Å². The zero-order valence-corrected chi connectivity index (χ0v) is 16.8. The van der Waals surface area contributed by atoms with Crippen LogP contribution in [0.4, 0.5) is 0 Å². The number of nitriles is 1. The first-order chi connectivity index (χ1) is 13.7. The Kier molecular flexibility index (Phi) is 6.83. The molecule has 0 aliphatic rings. The van der Waals surface area contributed by atoms with Gasteiger partial charge in [0.15, 0.2) is 11.5 Å². The van der Waals surface area contributed by atoms with Gasteiger partial charge in [0.05, 0.1) is 25.0 Å². The molecule has 0 bridgehead atoms. The zero-order valence-electron chi connectivity index (χ0n) is 16.0. The van der Waals surface area contributed by atoms with Gasteiger partial charge in [0.2, 0.25) is 0 Å². The fraction of sp³-hybridized carbons (Fsp3) is 0.217. The van der Waals surface area contributed by atoms with Crippen molar-refractivity contribution in [2.75, 3.05) is 13.7 Å². The van der Waals surface area contributed by atoms with Crippen molar-refractivity contribution in [1.82, 2.24) is 4.98 Å². The van der Waals surface area contributed by atoms with E-state index in [1.54, 1.807) is 7.11 Å². The van der Waals surface area contributed by atoms with E-state index in [2.05, 4.69) is 18.0 Å². The van der Waals surface area contributed by atoms with Crippen LogP contribution in [0, 0.1) is 11.3 Å². The van der Waals surface area contributed by atoms with Gasteiger partial charge < -0.3 is 9.47 Å². The second kappa shape index (κ2) is 9.72. The van der Waals surface area contributed by atoms with E-state index in [0.29, 0.717) is 28.7 Å². The Morgan fingerprint density at radius 3 is 2.71 bits per heavy atom. The summed E-state index contributed by atoms with van der Waals surface area (Å²) >= 11 is 1.47. The van der Waals surface area contributed by atoms with Crippen LogP contribution in [0.15, 0.2) is 53.9 Å².